The van der Waals surface area contributed by atoms with E-state index in [2.05, 4.69) is 15.5 Å². The van der Waals surface area contributed by atoms with Crippen molar-refractivity contribution in [3.63, 3.8) is 0 Å². The number of benzene rings is 1. The van der Waals surface area contributed by atoms with Gasteiger partial charge < -0.3 is 5.32 Å². The van der Waals surface area contributed by atoms with Crippen LogP contribution in [0.2, 0.25) is 10.0 Å². The number of amides is 1. The number of halogens is 2. The number of nitrogens with one attached hydrogen (secondary N) is 1. The van der Waals surface area contributed by atoms with E-state index in [0.29, 0.717) is 40.1 Å². The molecule has 0 bridgehead atoms. The van der Waals surface area contributed by atoms with Crippen LogP contribution in [0.1, 0.15) is 18.4 Å². The summed E-state index contributed by atoms with van der Waals surface area (Å²) in [6.45, 7) is 0.514. The number of aromatic nitrogens is 2. The summed E-state index contributed by atoms with van der Waals surface area (Å²) >= 11 is 14.7. The number of hydrogen-bond donors (Lipinski definition) is 1. The van der Waals surface area contributed by atoms with Gasteiger partial charge in [-0.3, -0.25) is 4.79 Å². The summed E-state index contributed by atoms with van der Waals surface area (Å²) in [6.07, 6.45) is 3.11. The number of thioether (sulfide) groups is 1. The van der Waals surface area contributed by atoms with E-state index in [4.69, 9.17) is 23.2 Å². The van der Waals surface area contributed by atoms with Crippen LogP contribution in [0.3, 0.4) is 0 Å². The molecule has 0 unspecified atom stereocenters. The monoisotopic (exact) mass is 480 g/mol. The molecule has 1 aliphatic rings. The molecular weight excluding hydrogens is 463 g/mol. The Bertz CT molecular complexity index is 968. The van der Waals surface area contributed by atoms with Crippen LogP contribution in [0, 0.1) is 5.92 Å². The quantitative estimate of drug-likeness (QED) is 0.499. The molecule has 1 aliphatic heterocycles. The van der Waals surface area contributed by atoms with Crippen molar-refractivity contribution in [1.82, 2.24) is 14.5 Å². The van der Waals surface area contributed by atoms with Gasteiger partial charge in [-0.1, -0.05) is 52.4 Å². The third kappa shape index (κ3) is 5.37. The summed E-state index contributed by atoms with van der Waals surface area (Å²) in [4.78, 5) is 12.6. The highest BCUT2D eigenvalue weighted by atomic mass is 35.5. The third-order valence-electron chi connectivity index (χ3n) is 4.31. The molecule has 3 rings (SSSR count). The van der Waals surface area contributed by atoms with Crippen LogP contribution in [-0.4, -0.2) is 48.2 Å². The SMILES string of the molecule is CSc1nnc(NC(=O)[C@@H]2CCCN(S(=O)(=O)Cc3ccc(Cl)cc3Cl)C2)s1. The maximum absolute atomic E-state index is 12.8. The van der Waals surface area contributed by atoms with Crippen molar-refractivity contribution in [3.8, 4) is 0 Å². The molecule has 2 aromatic rings. The number of sulfonamides is 1. The highest BCUT2D eigenvalue weighted by Crippen LogP contribution is 2.28. The topological polar surface area (TPSA) is 92.3 Å². The normalized spacial score (nSPS) is 18.2. The molecule has 152 valence electrons. The number of piperidine rings is 1. The molecule has 7 nitrogen and oxygen atoms in total. The van der Waals surface area contributed by atoms with Gasteiger partial charge in [0.2, 0.25) is 21.1 Å². The van der Waals surface area contributed by atoms with Crippen molar-refractivity contribution in [3.05, 3.63) is 33.8 Å². The third-order valence-corrected chi connectivity index (χ3v) is 8.51. The lowest BCUT2D eigenvalue weighted by atomic mass is 9.99. The molecule has 0 aliphatic carbocycles. The van der Waals surface area contributed by atoms with Crippen LogP contribution in [0.25, 0.3) is 0 Å². The zero-order chi connectivity index (χ0) is 20.3. The van der Waals surface area contributed by atoms with Crippen LogP contribution in [-0.2, 0) is 20.6 Å². The van der Waals surface area contributed by atoms with Gasteiger partial charge in [0.05, 0.1) is 11.7 Å². The molecule has 12 heteroatoms. The summed E-state index contributed by atoms with van der Waals surface area (Å²) in [6, 6.07) is 4.73. The van der Waals surface area contributed by atoms with Gasteiger partial charge >= 0.3 is 0 Å². The number of nitrogens with zero attached hydrogens (tertiary/aromatic N) is 3. The minimum atomic E-state index is -3.61. The minimum absolute atomic E-state index is 0.133. The van der Waals surface area contributed by atoms with Gasteiger partial charge in [-0.15, -0.1) is 10.2 Å². The summed E-state index contributed by atoms with van der Waals surface area (Å²) < 4.78 is 27.8. The standard InChI is InChI=1S/C16H18Cl2N4O3S3/c1-26-16-21-20-15(27-16)19-14(23)10-3-2-6-22(8-10)28(24,25)9-11-4-5-12(17)7-13(11)18/h4-5,7,10H,2-3,6,8-9H2,1H3,(H,19,20,23)/t10-/m1/s1. The summed E-state index contributed by atoms with van der Waals surface area (Å²) in [5.74, 6) is -0.913. The summed E-state index contributed by atoms with van der Waals surface area (Å²) in [7, 11) is -3.61. The van der Waals surface area contributed by atoms with E-state index in [1.165, 1.54) is 33.5 Å². The van der Waals surface area contributed by atoms with Crippen molar-refractivity contribution >= 4 is 67.4 Å². The van der Waals surface area contributed by atoms with Crippen molar-refractivity contribution in [1.29, 1.82) is 0 Å². The Labute approximate surface area is 181 Å². The second-order valence-electron chi connectivity index (χ2n) is 6.26. The molecule has 1 N–H and O–H groups in total. The van der Waals surface area contributed by atoms with Crippen molar-refractivity contribution in [2.24, 2.45) is 5.92 Å². The fourth-order valence-corrected chi connectivity index (χ4v) is 6.25. The van der Waals surface area contributed by atoms with Gasteiger partial charge in [-0.05, 0) is 36.8 Å². The van der Waals surface area contributed by atoms with Gasteiger partial charge in [0.15, 0.2) is 4.34 Å². The van der Waals surface area contributed by atoms with Crippen LogP contribution >= 0.6 is 46.3 Å². The van der Waals surface area contributed by atoms with Gasteiger partial charge in [0, 0.05) is 23.1 Å². The first-order chi connectivity index (χ1) is 13.3. The number of hydrogen-bond acceptors (Lipinski definition) is 7. The first-order valence-corrected chi connectivity index (χ1v) is 12.8. The Morgan fingerprint density at radius 3 is 2.86 bits per heavy atom. The highest BCUT2D eigenvalue weighted by molar-refractivity contribution is 8.00. The molecule has 1 amide bonds. The van der Waals surface area contributed by atoms with Gasteiger partial charge in [-0.2, -0.15) is 0 Å². The Morgan fingerprint density at radius 1 is 1.39 bits per heavy atom. The predicted molar refractivity (Wildman–Crippen MR) is 114 cm³/mol. The first-order valence-electron chi connectivity index (χ1n) is 8.38. The van der Waals surface area contributed by atoms with Crippen molar-refractivity contribution in [2.45, 2.75) is 22.9 Å². The second-order valence-corrected chi connectivity index (χ2v) is 11.1. The van der Waals surface area contributed by atoms with Crippen LogP contribution in [0.4, 0.5) is 5.13 Å². The molecule has 1 saturated heterocycles. The fraction of sp³-hybridized carbons (Fsp3) is 0.438. The minimum Gasteiger partial charge on any atom is -0.300 e. The van der Waals surface area contributed by atoms with Crippen molar-refractivity contribution in [2.75, 3.05) is 24.7 Å². The first kappa shape index (κ1) is 21.8. The highest BCUT2D eigenvalue weighted by Gasteiger charge is 2.33. The lowest BCUT2D eigenvalue weighted by Crippen LogP contribution is -2.44. The smallest absolute Gasteiger partial charge is 0.230 e. The van der Waals surface area contributed by atoms with Gasteiger partial charge in [0.25, 0.3) is 0 Å². The average molecular weight is 481 g/mol. The predicted octanol–water partition coefficient (Wildman–Crippen LogP) is 3.75. The number of rotatable bonds is 6. The Morgan fingerprint density at radius 2 is 2.18 bits per heavy atom. The summed E-state index contributed by atoms with van der Waals surface area (Å²) in [5.41, 5.74) is 0.482. The second kappa shape index (κ2) is 9.27. The molecule has 1 fully saturated rings. The lowest BCUT2D eigenvalue weighted by molar-refractivity contribution is -0.120. The van der Waals surface area contributed by atoms with E-state index in [9.17, 15) is 13.2 Å². The Kier molecular flexibility index (Phi) is 7.21. The maximum atomic E-state index is 12.8. The van der Waals surface area contributed by atoms with E-state index in [1.54, 1.807) is 12.1 Å². The van der Waals surface area contributed by atoms with Gasteiger partial charge in [0.1, 0.15) is 0 Å². The largest absolute Gasteiger partial charge is 0.300 e. The van der Waals surface area contributed by atoms with Gasteiger partial charge in [-0.25, -0.2) is 12.7 Å². The van der Waals surface area contributed by atoms with E-state index in [0.717, 1.165) is 4.34 Å². The molecule has 0 radical (unpaired) electrons. The van der Waals surface area contributed by atoms with E-state index in [1.807, 2.05) is 6.26 Å². The molecule has 0 saturated carbocycles. The van der Waals surface area contributed by atoms with Crippen LogP contribution in [0.5, 0.6) is 0 Å². The number of carbonyl (C=O) groups excluding carboxylic acids is 1. The molecule has 1 aromatic heterocycles. The molecule has 2 heterocycles. The van der Waals surface area contributed by atoms with Crippen LogP contribution < -0.4 is 5.32 Å². The zero-order valence-electron chi connectivity index (χ0n) is 14.9. The number of carbonyl (C=O) groups is 1. The molecule has 28 heavy (non-hydrogen) atoms. The van der Waals surface area contributed by atoms with E-state index < -0.39 is 15.9 Å². The zero-order valence-corrected chi connectivity index (χ0v) is 18.9. The maximum Gasteiger partial charge on any atom is 0.230 e. The molecule has 0 spiro atoms. The molecule has 1 atom stereocenters. The number of anilines is 1. The average Bonchev–Trinajstić information content (AvgIpc) is 3.12. The van der Waals surface area contributed by atoms with E-state index >= 15 is 0 Å². The fourth-order valence-electron chi connectivity index (χ4n) is 2.89. The summed E-state index contributed by atoms with van der Waals surface area (Å²) in [5, 5.41) is 11.8. The van der Waals surface area contributed by atoms with Crippen molar-refractivity contribution < 1.29 is 13.2 Å². The molecular formula is C16H18Cl2N4O3S3. The van der Waals surface area contributed by atoms with E-state index in [-0.39, 0.29) is 18.2 Å². The van der Waals surface area contributed by atoms with Crippen LogP contribution in [0.15, 0.2) is 22.5 Å². The lowest BCUT2D eigenvalue weighted by Gasteiger charge is -2.31. The Balaban J connectivity index is 1.66. The Hall–Kier alpha value is -0.910. The molecule has 1 aromatic carbocycles.